The van der Waals surface area contributed by atoms with Crippen molar-refractivity contribution in [3.8, 4) is 0 Å². The molecule has 2 atom stereocenters. The zero-order chi connectivity index (χ0) is 22.3. The smallest absolute Gasteiger partial charge is 0.235 e. The van der Waals surface area contributed by atoms with E-state index in [1.54, 1.807) is 0 Å². The van der Waals surface area contributed by atoms with Crippen LogP contribution in [0.4, 0.5) is 5.69 Å². The molecule has 1 heterocycles. The summed E-state index contributed by atoms with van der Waals surface area (Å²) in [6.07, 6.45) is 2.94. The molecule has 166 valence electrons. The fourth-order valence-electron chi connectivity index (χ4n) is 3.44. The van der Waals surface area contributed by atoms with Gasteiger partial charge in [0.05, 0.1) is 17.5 Å². The van der Waals surface area contributed by atoms with Gasteiger partial charge in [0.1, 0.15) is 0 Å². The van der Waals surface area contributed by atoms with Crippen molar-refractivity contribution in [3.05, 3.63) is 29.8 Å². The predicted molar refractivity (Wildman–Crippen MR) is 121 cm³/mol. The van der Waals surface area contributed by atoms with Crippen molar-refractivity contribution in [2.24, 2.45) is 11.3 Å². The van der Waals surface area contributed by atoms with Gasteiger partial charge in [0.2, 0.25) is 17.7 Å². The van der Waals surface area contributed by atoms with E-state index >= 15 is 0 Å². The number of carbonyl (C=O) groups is 3. The Morgan fingerprint density at radius 1 is 1.17 bits per heavy atom. The van der Waals surface area contributed by atoms with Gasteiger partial charge in [-0.2, -0.15) is 0 Å². The molecule has 0 spiro atoms. The third kappa shape index (κ3) is 6.57. The van der Waals surface area contributed by atoms with Crippen molar-refractivity contribution in [3.63, 3.8) is 0 Å². The quantitative estimate of drug-likeness (QED) is 0.234. The summed E-state index contributed by atoms with van der Waals surface area (Å²) in [5.74, 6) is -0.0380. The fourth-order valence-corrected chi connectivity index (χ4v) is 3.52. The van der Waals surface area contributed by atoms with Crippen molar-refractivity contribution < 1.29 is 19.1 Å². The standard InChI is InChI=1S/C23H34N2O4S/c1-16(2)23(4)14-21(27)25(22(23)28)13-7-5-6-8-20(26)24-19-11-9-18(10-12-19)15-29-17(3)30/h9-12,16-17,30H,5-8,13-15H2,1-4H3,(H,24,26). The lowest BCUT2D eigenvalue weighted by Crippen LogP contribution is -2.37. The van der Waals surface area contributed by atoms with Crippen LogP contribution >= 0.6 is 12.6 Å². The van der Waals surface area contributed by atoms with E-state index in [-0.39, 0.29) is 29.1 Å². The summed E-state index contributed by atoms with van der Waals surface area (Å²) in [7, 11) is 0. The van der Waals surface area contributed by atoms with Gasteiger partial charge in [0, 0.05) is 25.1 Å². The molecule has 2 rings (SSSR count). The van der Waals surface area contributed by atoms with Gasteiger partial charge in [-0.25, -0.2) is 0 Å². The first-order valence-electron chi connectivity index (χ1n) is 10.7. The molecular weight excluding hydrogens is 400 g/mol. The Hall–Kier alpha value is -1.86. The third-order valence-corrected chi connectivity index (χ3v) is 5.99. The second-order valence-electron chi connectivity index (χ2n) is 8.57. The van der Waals surface area contributed by atoms with E-state index in [1.807, 2.05) is 52.0 Å². The molecule has 1 N–H and O–H groups in total. The second kappa shape index (κ2) is 11.0. The molecule has 0 saturated carbocycles. The number of hydrogen-bond donors (Lipinski definition) is 2. The predicted octanol–water partition coefficient (Wildman–Crippen LogP) is 4.40. The van der Waals surface area contributed by atoms with E-state index in [2.05, 4.69) is 17.9 Å². The first kappa shape index (κ1) is 24.4. The number of amides is 3. The molecule has 0 bridgehead atoms. The summed E-state index contributed by atoms with van der Waals surface area (Å²) in [5.41, 5.74) is 1.08. The molecule has 3 amide bonds. The molecule has 0 aromatic heterocycles. The molecule has 1 saturated heterocycles. The van der Waals surface area contributed by atoms with Gasteiger partial charge >= 0.3 is 0 Å². The highest BCUT2D eigenvalue weighted by Crippen LogP contribution is 2.39. The van der Waals surface area contributed by atoms with Crippen LogP contribution < -0.4 is 5.32 Å². The topological polar surface area (TPSA) is 75.7 Å². The Morgan fingerprint density at radius 3 is 2.40 bits per heavy atom. The summed E-state index contributed by atoms with van der Waals surface area (Å²) in [6.45, 7) is 8.63. The second-order valence-corrected chi connectivity index (χ2v) is 9.29. The van der Waals surface area contributed by atoms with Gasteiger partial charge in [-0.3, -0.25) is 19.3 Å². The van der Waals surface area contributed by atoms with Crippen LogP contribution in [0.1, 0.15) is 65.4 Å². The molecule has 1 fully saturated rings. The number of imide groups is 1. The van der Waals surface area contributed by atoms with Crippen LogP contribution in [0.15, 0.2) is 24.3 Å². The van der Waals surface area contributed by atoms with Crippen molar-refractivity contribution >= 4 is 36.0 Å². The van der Waals surface area contributed by atoms with Crippen LogP contribution in [0.3, 0.4) is 0 Å². The molecular formula is C23H34N2O4S. The Balaban J connectivity index is 1.67. The van der Waals surface area contributed by atoms with Gasteiger partial charge in [-0.05, 0) is 50.3 Å². The number of unbranched alkanes of at least 4 members (excludes halogenated alkanes) is 2. The van der Waals surface area contributed by atoms with Crippen LogP contribution in [0.5, 0.6) is 0 Å². The Bertz CT molecular complexity index is 748. The SMILES string of the molecule is CC(S)OCc1ccc(NC(=O)CCCCCN2C(=O)CC(C)(C(C)C)C2=O)cc1. The van der Waals surface area contributed by atoms with Crippen molar-refractivity contribution in [1.82, 2.24) is 4.90 Å². The molecule has 7 heteroatoms. The normalized spacial score (nSPS) is 20.1. The lowest BCUT2D eigenvalue weighted by atomic mass is 9.78. The van der Waals surface area contributed by atoms with Gasteiger partial charge in [0.15, 0.2) is 0 Å². The molecule has 0 aliphatic carbocycles. The van der Waals surface area contributed by atoms with Gasteiger partial charge in [-0.1, -0.05) is 32.4 Å². The van der Waals surface area contributed by atoms with E-state index < -0.39 is 5.41 Å². The number of nitrogens with zero attached hydrogens (tertiary/aromatic N) is 1. The van der Waals surface area contributed by atoms with Crippen LogP contribution in [0.2, 0.25) is 0 Å². The average molecular weight is 435 g/mol. The lowest BCUT2D eigenvalue weighted by molar-refractivity contribution is -0.142. The van der Waals surface area contributed by atoms with Gasteiger partial charge in [-0.15, -0.1) is 12.6 Å². The van der Waals surface area contributed by atoms with E-state index in [0.717, 1.165) is 30.5 Å². The molecule has 30 heavy (non-hydrogen) atoms. The monoisotopic (exact) mass is 434 g/mol. The number of carbonyl (C=O) groups excluding carboxylic acids is 3. The Labute approximate surface area is 185 Å². The zero-order valence-electron chi connectivity index (χ0n) is 18.4. The van der Waals surface area contributed by atoms with Crippen LogP contribution in [0.25, 0.3) is 0 Å². The van der Waals surface area contributed by atoms with Crippen LogP contribution in [-0.4, -0.2) is 34.6 Å². The van der Waals surface area contributed by atoms with E-state index in [0.29, 0.717) is 26.0 Å². The summed E-state index contributed by atoms with van der Waals surface area (Å²) in [6, 6.07) is 7.55. The van der Waals surface area contributed by atoms with E-state index in [4.69, 9.17) is 4.74 Å². The zero-order valence-corrected chi connectivity index (χ0v) is 19.3. The third-order valence-electron chi connectivity index (χ3n) is 5.84. The molecule has 2 unspecified atom stereocenters. The lowest BCUT2D eigenvalue weighted by Gasteiger charge is -2.26. The molecule has 1 aliphatic rings. The van der Waals surface area contributed by atoms with E-state index in [9.17, 15) is 14.4 Å². The van der Waals surface area contributed by atoms with Crippen molar-refractivity contribution in [2.45, 2.75) is 71.8 Å². The first-order valence-corrected chi connectivity index (χ1v) is 11.2. The number of benzene rings is 1. The Kier molecular flexibility index (Phi) is 8.92. The Morgan fingerprint density at radius 2 is 1.83 bits per heavy atom. The summed E-state index contributed by atoms with van der Waals surface area (Å²) in [5, 5.41) is 2.89. The highest BCUT2D eigenvalue weighted by Gasteiger charge is 2.49. The number of anilines is 1. The number of rotatable bonds is 11. The van der Waals surface area contributed by atoms with Gasteiger partial charge in [0.25, 0.3) is 0 Å². The minimum Gasteiger partial charge on any atom is -0.363 e. The van der Waals surface area contributed by atoms with Crippen LogP contribution in [0, 0.1) is 11.3 Å². The summed E-state index contributed by atoms with van der Waals surface area (Å²) < 4.78 is 5.43. The minimum atomic E-state index is -0.580. The van der Waals surface area contributed by atoms with Gasteiger partial charge < -0.3 is 10.1 Å². The maximum Gasteiger partial charge on any atom is 0.235 e. The summed E-state index contributed by atoms with van der Waals surface area (Å²) in [4.78, 5) is 38.3. The van der Waals surface area contributed by atoms with Crippen molar-refractivity contribution in [1.29, 1.82) is 0 Å². The minimum absolute atomic E-state index is 0.0383. The number of thiol groups is 1. The number of likely N-dealkylation sites (tertiary alicyclic amines) is 1. The largest absolute Gasteiger partial charge is 0.363 e. The molecule has 6 nitrogen and oxygen atoms in total. The number of ether oxygens (including phenoxy) is 1. The van der Waals surface area contributed by atoms with Crippen LogP contribution in [-0.2, 0) is 25.7 Å². The summed E-state index contributed by atoms with van der Waals surface area (Å²) >= 11 is 4.18. The highest BCUT2D eigenvalue weighted by molar-refractivity contribution is 7.80. The molecule has 1 aromatic rings. The maximum atomic E-state index is 12.6. The fraction of sp³-hybridized carbons (Fsp3) is 0.609. The van der Waals surface area contributed by atoms with E-state index in [1.165, 1.54) is 4.90 Å². The van der Waals surface area contributed by atoms with Crippen molar-refractivity contribution in [2.75, 3.05) is 11.9 Å². The average Bonchev–Trinajstić information content (AvgIpc) is 2.91. The molecule has 1 aliphatic heterocycles. The number of nitrogens with one attached hydrogen (secondary N) is 1. The first-order chi connectivity index (χ1) is 14.1. The highest BCUT2D eigenvalue weighted by atomic mass is 32.1. The maximum absolute atomic E-state index is 12.6. The molecule has 1 aromatic carbocycles. The number of hydrogen-bond acceptors (Lipinski definition) is 5. The molecule has 0 radical (unpaired) electrons.